The Morgan fingerprint density at radius 1 is 1.10 bits per heavy atom. The second-order valence-corrected chi connectivity index (χ2v) is 5.25. The Kier molecular flexibility index (Phi) is 3.43. The number of rotatable bonds is 2. The zero-order chi connectivity index (χ0) is 15.0. The fraction of sp³-hybridized carbons (Fsp3) is 0.118. The highest BCUT2D eigenvalue weighted by atomic mass is 35.5. The summed E-state index contributed by atoms with van der Waals surface area (Å²) in [5, 5.41) is 1.60. The van der Waals surface area contributed by atoms with Crippen molar-refractivity contribution in [1.82, 2.24) is 4.57 Å². The number of fused-ring (bicyclic) bond motifs is 1. The molecule has 0 aliphatic heterocycles. The fourth-order valence-electron chi connectivity index (χ4n) is 2.50. The number of benzene rings is 2. The van der Waals surface area contributed by atoms with E-state index in [-0.39, 0.29) is 5.91 Å². The number of nitrogens with zero attached hydrogens (tertiary/aromatic N) is 1. The largest absolute Gasteiger partial charge is 0.497 e. The van der Waals surface area contributed by atoms with Crippen LogP contribution in [0.2, 0.25) is 5.02 Å². The summed E-state index contributed by atoms with van der Waals surface area (Å²) in [6.07, 6.45) is 0. The first-order valence-electron chi connectivity index (χ1n) is 6.56. The van der Waals surface area contributed by atoms with Crippen LogP contribution in [-0.2, 0) is 0 Å². The lowest BCUT2D eigenvalue weighted by molar-refractivity contribution is 0.0943. The van der Waals surface area contributed by atoms with Crippen LogP contribution in [0.3, 0.4) is 0 Å². The third kappa shape index (κ3) is 2.41. The van der Waals surface area contributed by atoms with Crippen molar-refractivity contribution in [2.24, 2.45) is 0 Å². The van der Waals surface area contributed by atoms with Crippen molar-refractivity contribution in [2.45, 2.75) is 6.92 Å². The minimum atomic E-state index is -0.0295. The number of halogens is 1. The van der Waals surface area contributed by atoms with Gasteiger partial charge in [0.2, 0.25) is 5.91 Å². The Morgan fingerprint density at radius 3 is 2.43 bits per heavy atom. The first-order chi connectivity index (χ1) is 10.1. The standard InChI is InChI=1S/C17H14ClNO2/c1-11(20)19-16-8-5-14(18)9-13(16)10-17(19)12-3-6-15(21-2)7-4-12/h3-10H,1-2H3. The van der Waals surface area contributed by atoms with E-state index in [9.17, 15) is 4.79 Å². The number of carbonyl (C=O) groups is 1. The Hall–Kier alpha value is -2.26. The molecule has 1 aromatic heterocycles. The molecule has 0 unspecified atom stereocenters. The number of aromatic nitrogens is 1. The average Bonchev–Trinajstić information content (AvgIpc) is 2.85. The summed E-state index contributed by atoms with van der Waals surface area (Å²) in [5.41, 5.74) is 2.67. The summed E-state index contributed by atoms with van der Waals surface area (Å²) in [7, 11) is 1.63. The van der Waals surface area contributed by atoms with Gasteiger partial charge in [-0.15, -0.1) is 0 Å². The topological polar surface area (TPSA) is 31.2 Å². The van der Waals surface area contributed by atoms with Gasteiger partial charge in [0, 0.05) is 17.3 Å². The molecule has 0 spiro atoms. The van der Waals surface area contributed by atoms with Crippen LogP contribution in [0.4, 0.5) is 0 Å². The van der Waals surface area contributed by atoms with Crippen LogP contribution in [-0.4, -0.2) is 17.6 Å². The number of methoxy groups -OCH3 is 1. The molecule has 2 aromatic carbocycles. The lowest BCUT2D eigenvalue weighted by Crippen LogP contribution is -2.06. The molecule has 1 heterocycles. The molecule has 0 radical (unpaired) electrons. The van der Waals surface area contributed by atoms with Gasteiger partial charge in [-0.25, -0.2) is 0 Å². The van der Waals surface area contributed by atoms with Gasteiger partial charge < -0.3 is 4.74 Å². The van der Waals surface area contributed by atoms with Crippen LogP contribution in [0.5, 0.6) is 5.75 Å². The van der Waals surface area contributed by atoms with Crippen molar-refractivity contribution < 1.29 is 9.53 Å². The lowest BCUT2D eigenvalue weighted by atomic mass is 10.1. The summed E-state index contributed by atoms with van der Waals surface area (Å²) in [6.45, 7) is 1.56. The van der Waals surface area contributed by atoms with Crippen LogP contribution >= 0.6 is 11.6 Å². The van der Waals surface area contributed by atoms with Gasteiger partial charge in [-0.05, 0) is 54.1 Å². The van der Waals surface area contributed by atoms with Crippen LogP contribution in [0, 0.1) is 0 Å². The van der Waals surface area contributed by atoms with Gasteiger partial charge in [0.05, 0.1) is 18.3 Å². The van der Waals surface area contributed by atoms with Gasteiger partial charge in [0.1, 0.15) is 5.75 Å². The molecule has 0 bridgehead atoms. The molecule has 3 rings (SSSR count). The Bertz CT molecular complexity index is 819. The van der Waals surface area contributed by atoms with Gasteiger partial charge in [0.25, 0.3) is 0 Å². The molecule has 3 aromatic rings. The molecule has 3 nitrogen and oxygen atoms in total. The average molecular weight is 300 g/mol. The molecular weight excluding hydrogens is 286 g/mol. The highest BCUT2D eigenvalue weighted by Crippen LogP contribution is 2.30. The Balaban J connectivity index is 2.24. The van der Waals surface area contributed by atoms with E-state index >= 15 is 0 Å². The molecule has 0 atom stereocenters. The summed E-state index contributed by atoms with van der Waals surface area (Å²) < 4.78 is 6.87. The first kappa shape index (κ1) is 13.7. The van der Waals surface area contributed by atoms with E-state index in [0.717, 1.165) is 27.9 Å². The normalized spacial score (nSPS) is 10.8. The highest BCUT2D eigenvalue weighted by molar-refractivity contribution is 6.31. The van der Waals surface area contributed by atoms with Gasteiger partial charge in [-0.2, -0.15) is 0 Å². The van der Waals surface area contributed by atoms with E-state index in [4.69, 9.17) is 16.3 Å². The van der Waals surface area contributed by atoms with Crippen LogP contribution in [0.25, 0.3) is 22.2 Å². The molecule has 0 amide bonds. The van der Waals surface area contributed by atoms with Crippen LogP contribution < -0.4 is 4.74 Å². The van der Waals surface area contributed by atoms with E-state index in [1.807, 2.05) is 42.5 Å². The number of ether oxygens (including phenoxy) is 1. The quantitative estimate of drug-likeness (QED) is 0.691. The van der Waals surface area contributed by atoms with E-state index in [1.54, 1.807) is 24.7 Å². The van der Waals surface area contributed by atoms with E-state index < -0.39 is 0 Å². The summed E-state index contributed by atoms with van der Waals surface area (Å²) >= 11 is 6.03. The van der Waals surface area contributed by atoms with Crippen molar-refractivity contribution in [3.8, 4) is 17.0 Å². The van der Waals surface area contributed by atoms with Gasteiger partial charge in [-0.3, -0.25) is 9.36 Å². The highest BCUT2D eigenvalue weighted by Gasteiger charge is 2.14. The monoisotopic (exact) mass is 299 g/mol. The number of hydrogen-bond donors (Lipinski definition) is 0. The minimum Gasteiger partial charge on any atom is -0.497 e. The van der Waals surface area contributed by atoms with Crippen molar-refractivity contribution in [2.75, 3.05) is 7.11 Å². The molecule has 0 saturated carbocycles. The Labute approximate surface area is 127 Å². The van der Waals surface area contributed by atoms with Crippen LogP contribution in [0.1, 0.15) is 11.7 Å². The fourth-order valence-corrected chi connectivity index (χ4v) is 2.68. The SMILES string of the molecule is COc1ccc(-c2cc3cc(Cl)ccc3n2C(C)=O)cc1. The second kappa shape index (κ2) is 5.26. The first-order valence-corrected chi connectivity index (χ1v) is 6.94. The van der Waals surface area contributed by atoms with Gasteiger partial charge in [-0.1, -0.05) is 11.6 Å². The Morgan fingerprint density at radius 2 is 1.81 bits per heavy atom. The molecule has 0 fully saturated rings. The summed E-state index contributed by atoms with van der Waals surface area (Å²) in [4.78, 5) is 12.0. The van der Waals surface area contributed by atoms with Gasteiger partial charge in [0.15, 0.2) is 0 Å². The van der Waals surface area contributed by atoms with Gasteiger partial charge >= 0.3 is 0 Å². The third-order valence-electron chi connectivity index (χ3n) is 3.46. The maximum absolute atomic E-state index is 12.0. The minimum absolute atomic E-state index is 0.0295. The van der Waals surface area contributed by atoms with Crippen molar-refractivity contribution >= 4 is 28.4 Å². The zero-order valence-electron chi connectivity index (χ0n) is 11.8. The molecule has 0 N–H and O–H groups in total. The lowest BCUT2D eigenvalue weighted by Gasteiger charge is -2.07. The zero-order valence-corrected chi connectivity index (χ0v) is 12.5. The molecule has 21 heavy (non-hydrogen) atoms. The van der Waals surface area contributed by atoms with E-state index in [0.29, 0.717) is 5.02 Å². The molecule has 0 aliphatic rings. The van der Waals surface area contributed by atoms with Crippen molar-refractivity contribution in [3.05, 3.63) is 53.6 Å². The third-order valence-corrected chi connectivity index (χ3v) is 3.70. The summed E-state index contributed by atoms with van der Waals surface area (Å²) in [6, 6.07) is 15.1. The predicted molar refractivity (Wildman–Crippen MR) is 85.2 cm³/mol. The van der Waals surface area contributed by atoms with Crippen LogP contribution in [0.15, 0.2) is 48.5 Å². The molecule has 106 valence electrons. The van der Waals surface area contributed by atoms with E-state index in [2.05, 4.69) is 0 Å². The molecule has 4 heteroatoms. The van der Waals surface area contributed by atoms with E-state index in [1.165, 1.54) is 0 Å². The maximum Gasteiger partial charge on any atom is 0.228 e. The molecule has 0 saturated heterocycles. The van der Waals surface area contributed by atoms with Crippen molar-refractivity contribution in [3.63, 3.8) is 0 Å². The van der Waals surface area contributed by atoms with Crippen molar-refractivity contribution in [1.29, 1.82) is 0 Å². The maximum atomic E-state index is 12.0. The number of carbonyl (C=O) groups excluding carboxylic acids is 1. The smallest absolute Gasteiger partial charge is 0.228 e. The predicted octanol–water partition coefficient (Wildman–Crippen LogP) is 4.63. The number of hydrogen-bond acceptors (Lipinski definition) is 2. The summed E-state index contributed by atoms with van der Waals surface area (Å²) in [5.74, 6) is 0.755. The second-order valence-electron chi connectivity index (χ2n) is 4.82. The molecule has 0 aliphatic carbocycles. The molecular formula is C17H14ClNO2.